The van der Waals surface area contributed by atoms with Gasteiger partial charge in [0.05, 0.1) is 19.0 Å². The zero-order valence-corrected chi connectivity index (χ0v) is 16.4. The number of carbonyl (C=O) groups is 1. The third-order valence-corrected chi connectivity index (χ3v) is 4.71. The van der Waals surface area contributed by atoms with Gasteiger partial charge < -0.3 is 15.4 Å². The lowest BCUT2D eigenvalue weighted by atomic mass is 10.1. The van der Waals surface area contributed by atoms with E-state index < -0.39 is 5.91 Å². The van der Waals surface area contributed by atoms with Crippen LogP contribution in [0, 0.1) is 0 Å². The lowest BCUT2D eigenvalue weighted by molar-refractivity contribution is 0.0993. The van der Waals surface area contributed by atoms with Gasteiger partial charge in [0.1, 0.15) is 11.4 Å². The van der Waals surface area contributed by atoms with Crippen molar-refractivity contribution in [2.75, 3.05) is 12.0 Å². The molecule has 1 amide bonds. The van der Waals surface area contributed by atoms with Gasteiger partial charge in [-0.05, 0) is 29.8 Å². The fourth-order valence-corrected chi connectivity index (χ4v) is 3.31. The van der Waals surface area contributed by atoms with Crippen molar-refractivity contribution in [3.8, 4) is 5.75 Å². The summed E-state index contributed by atoms with van der Waals surface area (Å²) in [6.07, 6.45) is 1.40. The summed E-state index contributed by atoms with van der Waals surface area (Å²) >= 11 is 6.28. The highest BCUT2D eigenvalue weighted by molar-refractivity contribution is 6.29. The van der Waals surface area contributed by atoms with Crippen LogP contribution in [-0.4, -0.2) is 27.6 Å². The number of anilines is 2. The van der Waals surface area contributed by atoms with Crippen LogP contribution >= 0.6 is 11.6 Å². The van der Waals surface area contributed by atoms with Crippen molar-refractivity contribution in [2.24, 2.45) is 5.73 Å². The van der Waals surface area contributed by atoms with Gasteiger partial charge in [-0.1, -0.05) is 41.9 Å². The second kappa shape index (κ2) is 7.81. The summed E-state index contributed by atoms with van der Waals surface area (Å²) in [7, 11) is 1.63. The molecule has 8 heteroatoms. The summed E-state index contributed by atoms with van der Waals surface area (Å²) in [5.74, 6) is 0.161. The molecule has 29 heavy (non-hydrogen) atoms. The van der Waals surface area contributed by atoms with E-state index in [2.05, 4.69) is 15.0 Å². The van der Waals surface area contributed by atoms with E-state index in [1.807, 2.05) is 54.6 Å². The second-order valence-corrected chi connectivity index (χ2v) is 6.75. The highest BCUT2D eigenvalue weighted by atomic mass is 35.5. The number of fused-ring (bicyclic) bond motifs is 1. The largest absolute Gasteiger partial charge is 0.497 e. The zero-order chi connectivity index (χ0) is 20.4. The number of methoxy groups -OCH3 is 1. The molecule has 0 spiro atoms. The van der Waals surface area contributed by atoms with Crippen LogP contribution in [-0.2, 0) is 6.54 Å². The van der Waals surface area contributed by atoms with Gasteiger partial charge >= 0.3 is 0 Å². The Labute approximate surface area is 172 Å². The van der Waals surface area contributed by atoms with E-state index in [-0.39, 0.29) is 10.8 Å². The number of benzene rings is 2. The van der Waals surface area contributed by atoms with Crippen LogP contribution in [0.15, 0.2) is 66.9 Å². The Balaban J connectivity index is 1.86. The van der Waals surface area contributed by atoms with Gasteiger partial charge in [-0.3, -0.25) is 4.79 Å². The zero-order valence-electron chi connectivity index (χ0n) is 15.6. The standard InChI is InChI=1S/C21H18ClN5O2/c1-29-16-9-7-14(8-10-16)13-26(15-5-3-2-4-6-15)17-11-19(22)25-27-18(20(23)28)12-24-21(17)27/h2-12H,13H2,1H3,(H2,23,28). The number of primary amides is 1. The van der Waals surface area contributed by atoms with Gasteiger partial charge in [-0.15, -0.1) is 0 Å². The van der Waals surface area contributed by atoms with E-state index in [1.165, 1.54) is 10.7 Å². The van der Waals surface area contributed by atoms with Crippen molar-refractivity contribution in [2.45, 2.75) is 6.54 Å². The number of ether oxygens (including phenoxy) is 1. The summed E-state index contributed by atoms with van der Waals surface area (Å²) in [5.41, 5.74) is 8.82. The van der Waals surface area contributed by atoms with E-state index in [0.29, 0.717) is 17.9 Å². The quantitative estimate of drug-likeness (QED) is 0.525. The monoisotopic (exact) mass is 407 g/mol. The first-order chi connectivity index (χ1) is 14.1. The van der Waals surface area contributed by atoms with Gasteiger partial charge in [-0.25, -0.2) is 9.50 Å². The van der Waals surface area contributed by atoms with E-state index in [9.17, 15) is 4.79 Å². The highest BCUT2D eigenvalue weighted by Gasteiger charge is 2.20. The molecule has 0 radical (unpaired) electrons. The number of rotatable bonds is 6. The molecule has 2 aromatic carbocycles. The Bertz CT molecular complexity index is 1160. The third-order valence-electron chi connectivity index (χ3n) is 4.53. The van der Waals surface area contributed by atoms with Crippen molar-refractivity contribution in [1.29, 1.82) is 0 Å². The van der Waals surface area contributed by atoms with Crippen molar-refractivity contribution in [1.82, 2.24) is 14.6 Å². The van der Waals surface area contributed by atoms with Gasteiger partial charge in [0.25, 0.3) is 5.91 Å². The Hall–Kier alpha value is -3.58. The van der Waals surface area contributed by atoms with Gasteiger partial charge in [-0.2, -0.15) is 5.10 Å². The average Bonchev–Trinajstić information content (AvgIpc) is 3.16. The minimum absolute atomic E-state index is 0.168. The lowest BCUT2D eigenvalue weighted by Crippen LogP contribution is -2.19. The maximum Gasteiger partial charge on any atom is 0.269 e. The molecule has 2 N–H and O–H groups in total. The molecule has 0 atom stereocenters. The molecule has 0 saturated carbocycles. The molecule has 2 aromatic heterocycles. The number of aromatic nitrogens is 3. The first-order valence-corrected chi connectivity index (χ1v) is 9.24. The Kier molecular flexibility index (Phi) is 5.05. The maximum atomic E-state index is 11.7. The molecule has 0 unspecified atom stereocenters. The van der Waals surface area contributed by atoms with Crippen LogP contribution in [0.25, 0.3) is 5.65 Å². The minimum Gasteiger partial charge on any atom is -0.497 e. The SMILES string of the molecule is COc1ccc(CN(c2ccccc2)c2cc(Cl)nn3c(C(N)=O)cnc23)cc1. The molecule has 146 valence electrons. The van der Waals surface area contributed by atoms with Crippen LogP contribution in [0.2, 0.25) is 5.15 Å². The number of carbonyl (C=O) groups excluding carboxylic acids is 1. The normalized spacial score (nSPS) is 10.8. The number of nitrogens with two attached hydrogens (primary N) is 1. The predicted molar refractivity (Wildman–Crippen MR) is 112 cm³/mol. The molecule has 4 aromatic rings. The summed E-state index contributed by atoms with van der Waals surface area (Å²) in [6.45, 7) is 0.544. The Morgan fingerprint density at radius 1 is 1.17 bits per heavy atom. The number of hydrogen-bond acceptors (Lipinski definition) is 5. The van der Waals surface area contributed by atoms with Crippen LogP contribution in [0.3, 0.4) is 0 Å². The fourth-order valence-electron chi connectivity index (χ4n) is 3.13. The van der Waals surface area contributed by atoms with Gasteiger partial charge in [0, 0.05) is 18.3 Å². The van der Waals surface area contributed by atoms with Crippen molar-refractivity contribution in [3.05, 3.63) is 83.3 Å². The maximum absolute atomic E-state index is 11.7. The van der Waals surface area contributed by atoms with Gasteiger partial charge in [0.15, 0.2) is 10.8 Å². The lowest BCUT2D eigenvalue weighted by Gasteiger charge is -2.25. The topological polar surface area (TPSA) is 85.8 Å². The Morgan fingerprint density at radius 3 is 2.55 bits per heavy atom. The first-order valence-electron chi connectivity index (χ1n) is 8.86. The van der Waals surface area contributed by atoms with Crippen LogP contribution in [0.4, 0.5) is 11.4 Å². The van der Waals surface area contributed by atoms with E-state index in [4.69, 9.17) is 22.1 Å². The summed E-state index contributed by atoms with van der Waals surface area (Å²) in [5, 5.41) is 4.42. The van der Waals surface area contributed by atoms with E-state index >= 15 is 0 Å². The number of imidazole rings is 1. The summed E-state index contributed by atoms with van der Waals surface area (Å²) in [4.78, 5) is 18.2. The van der Waals surface area contributed by atoms with Crippen LogP contribution in [0.1, 0.15) is 16.1 Å². The molecule has 4 rings (SSSR count). The Morgan fingerprint density at radius 2 is 1.90 bits per heavy atom. The van der Waals surface area contributed by atoms with Crippen molar-refractivity contribution >= 4 is 34.5 Å². The minimum atomic E-state index is -0.625. The van der Waals surface area contributed by atoms with Crippen molar-refractivity contribution < 1.29 is 9.53 Å². The van der Waals surface area contributed by atoms with Crippen molar-refractivity contribution in [3.63, 3.8) is 0 Å². The molecular formula is C21H18ClN5O2. The molecule has 0 bridgehead atoms. The molecule has 2 heterocycles. The van der Waals surface area contributed by atoms with Crippen LogP contribution < -0.4 is 15.4 Å². The number of nitrogens with zero attached hydrogens (tertiary/aromatic N) is 4. The van der Waals surface area contributed by atoms with E-state index in [1.54, 1.807) is 13.2 Å². The highest BCUT2D eigenvalue weighted by Crippen LogP contribution is 2.32. The molecule has 0 saturated heterocycles. The number of amides is 1. The number of halogens is 1. The van der Waals surface area contributed by atoms with Gasteiger partial charge in [0.2, 0.25) is 0 Å². The molecule has 0 aliphatic rings. The molecule has 7 nitrogen and oxygen atoms in total. The smallest absolute Gasteiger partial charge is 0.269 e. The predicted octanol–water partition coefficient (Wildman–Crippen LogP) is 3.83. The first kappa shape index (κ1) is 18.8. The third kappa shape index (κ3) is 3.72. The van der Waals surface area contributed by atoms with E-state index in [0.717, 1.165) is 17.0 Å². The second-order valence-electron chi connectivity index (χ2n) is 6.37. The summed E-state index contributed by atoms with van der Waals surface area (Å²) < 4.78 is 6.62. The molecule has 0 fully saturated rings. The summed E-state index contributed by atoms with van der Waals surface area (Å²) in [6, 6.07) is 19.4. The fraction of sp³-hybridized carbons (Fsp3) is 0.0952. The average molecular weight is 408 g/mol. The van der Waals surface area contributed by atoms with Crippen LogP contribution in [0.5, 0.6) is 5.75 Å². The number of hydrogen-bond donors (Lipinski definition) is 1. The number of para-hydroxylation sites is 1. The molecule has 0 aliphatic heterocycles. The molecule has 0 aliphatic carbocycles. The molecular weight excluding hydrogens is 390 g/mol.